The van der Waals surface area contributed by atoms with Crippen molar-refractivity contribution < 1.29 is 49.3 Å². The number of hydrogen-bond donors (Lipinski definition) is 7. The second-order valence-corrected chi connectivity index (χ2v) is 6.73. The predicted molar refractivity (Wildman–Crippen MR) is 85.5 cm³/mol. The van der Waals surface area contributed by atoms with Crippen LogP contribution >= 0.6 is 0 Å². The molecule has 2 rings (SSSR count). The third-order valence-corrected chi connectivity index (χ3v) is 4.76. The normalized spacial score (nSPS) is 45.3. The number of nitrogens with two attached hydrogens (primary N) is 1. The minimum Gasteiger partial charge on any atom is -0.394 e. The largest absolute Gasteiger partial charge is 0.394 e. The number of hydrogen-bond acceptors (Lipinski definition) is 10. The highest BCUT2D eigenvalue weighted by Gasteiger charge is 2.50. The van der Waals surface area contributed by atoms with Crippen molar-refractivity contribution in [1.29, 1.82) is 0 Å². The fraction of sp³-hybridized carbons (Fsp3) is 0.867. The molecular formula is C15H26N2O10. The summed E-state index contributed by atoms with van der Waals surface area (Å²) < 4.78 is 16.0. The van der Waals surface area contributed by atoms with Gasteiger partial charge in [0, 0.05) is 12.8 Å². The summed E-state index contributed by atoms with van der Waals surface area (Å²) in [6.07, 6.45) is -11.4. The highest BCUT2D eigenvalue weighted by Crippen LogP contribution is 2.31. The Morgan fingerprint density at radius 2 is 1.74 bits per heavy atom. The van der Waals surface area contributed by atoms with Crippen molar-refractivity contribution in [2.75, 3.05) is 6.61 Å². The van der Waals surface area contributed by atoms with E-state index in [9.17, 15) is 35.1 Å². The number of aliphatic hydroxyl groups excluding tert-OH is 5. The first-order valence-electron chi connectivity index (χ1n) is 8.44. The van der Waals surface area contributed by atoms with Gasteiger partial charge >= 0.3 is 0 Å². The van der Waals surface area contributed by atoms with Crippen LogP contribution in [0.3, 0.4) is 0 Å². The van der Waals surface area contributed by atoms with Crippen LogP contribution in [0.5, 0.6) is 0 Å². The molecule has 0 aromatic rings. The van der Waals surface area contributed by atoms with E-state index < -0.39 is 79.6 Å². The summed E-state index contributed by atoms with van der Waals surface area (Å²) in [5.74, 6) is -2.35. The molecule has 27 heavy (non-hydrogen) atoms. The summed E-state index contributed by atoms with van der Waals surface area (Å²) in [6, 6.07) is -1.23. The number of primary amides is 1. The second-order valence-electron chi connectivity index (χ2n) is 6.73. The molecule has 0 radical (unpaired) electrons. The highest BCUT2D eigenvalue weighted by molar-refractivity contribution is 5.79. The Kier molecular flexibility index (Phi) is 7.10. The molecule has 0 aromatic carbocycles. The molecule has 2 fully saturated rings. The molecule has 12 heteroatoms. The summed E-state index contributed by atoms with van der Waals surface area (Å²) in [4.78, 5) is 22.7. The van der Waals surface area contributed by atoms with Crippen LogP contribution in [0.25, 0.3) is 0 Å². The Morgan fingerprint density at radius 1 is 1.11 bits per heavy atom. The van der Waals surface area contributed by atoms with Crippen molar-refractivity contribution in [3.8, 4) is 0 Å². The Labute approximate surface area is 154 Å². The van der Waals surface area contributed by atoms with Gasteiger partial charge in [-0.3, -0.25) is 9.59 Å². The van der Waals surface area contributed by atoms with Gasteiger partial charge in [-0.2, -0.15) is 0 Å². The van der Waals surface area contributed by atoms with Gasteiger partial charge < -0.3 is 50.8 Å². The quantitative estimate of drug-likeness (QED) is 0.238. The van der Waals surface area contributed by atoms with Crippen molar-refractivity contribution in [2.45, 2.75) is 69.1 Å². The summed E-state index contributed by atoms with van der Waals surface area (Å²) in [5.41, 5.74) is 5.12. The van der Waals surface area contributed by atoms with E-state index in [2.05, 4.69) is 5.32 Å². The van der Waals surface area contributed by atoms with E-state index >= 15 is 0 Å². The van der Waals surface area contributed by atoms with E-state index in [1.807, 2.05) is 0 Å². The highest BCUT2D eigenvalue weighted by atomic mass is 16.7. The van der Waals surface area contributed by atoms with Crippen LogP contribution in [-0.4, -0.2) is 99.2 Å². The first-order chi connectivity index (χ1) is 12.6. The van der Waals surface area contributed by atoms with Crippen LogP contribution in [0.2, 0.25) is 0 Å². The molecule has 0 spiro atoms. The Hall–Kier alpha value is -1.38. The van der Waals surface area contributed by atoms with Gasteiger partial charge in [-0.05, 0) is 0 Å². The van der Waals surface area contributed by atoms with Crippen molar-refractivity contribution in [2.24, 2.45) is 11.7 Å². The third-order valence-electron chi connectivity index (χ3n) is 4.76. The standard InChI is InChI=1S/C15H26N2O10/c1-4-8(20)12(13(16)23)26-14(24)11(4)27-15-7(17-5(2)19)10(22)9(21)6(3-18)25-15/h4,6-12,14-15,18,20-22,24H,3H2,1-2H3,(H2,16,23)(H,17,19). The van der Waals surface area contributed by atoms with E-state index in [0.717, 1.165) is 0 Å². The van der Waals surface area contributed by atoms with E-state index in [1.54, 1.807) is 0 Å². The average Bonchev–Trinajstić information content (AvgIpc) is 2.60. The van der Waals surface area contributed by atoms with Crippen LogP contribution in [0.15, 0.2) is 0 Å². The second kappa shape index (κ2) is 8.75. The molecule has 2 heterocycles. The first kappa shape index (κ1) is 21.9. The zero-order valence-corrected chi connectivity index (χ0v) is 14.8. The minimum absolute atomic E-state index is 0.548. The third kappa shape index (κ3) is 4.55. The molecule has 0 aliphatic carbocycles. The topological polar surface area (TPSA) is 201 Å². The van der Waals surface area contributed by atoms with Gasteiger partial charge in [-0.25, -0.2) is 0 Å². The lowest BCUT2D eigenvalue weighted by Crippen LogP contribution is -2.66. The lowest BCUT2D eigenvalue weighted by molar-refractivity contribution is -0.334. The smallest absolute Gasteiger partial charge is 0.249 e. The summed E-state index contributed by atoms with van der Waals surface area (Å²) >= 11 is 0. The molecule has 2 amide bonds. The number of carbonyl (C=O) groups excluding carboxylic acids is 2. The van der Waals surface area contributed by atoms with Crippen molar-refractivity contribution >= 4 is 11.8 Å². The maximum absolute atomic E-state index is 11.4. The lowest BCUT2D eigenvalue weighted by Gasteiger charge is -2.46. The van der Waals surface area contributed by atoms with E-state index in [-0.39, 0.29) is 0 Å². The van der Waals surface area contributed by atoms with Crippen molar-refractivity contribution in [3.63, 3.8) is 0 Å². The number of carbonyl (C=O) groups is 2. The molecule has 0 saturated carbocycles. The molecule has 8 N–H and O–H groups in total. The van der Waals surface area contributed by atoms with E-state index in [0.29, 0.717) is 0 Å². The predicted octanol–water partition coefficient (Wildman–Crippen LogP) is -4.49. The van der Waals surface area contributed by atoms with Gasteiger partial charge in [-0.1, -0.05) is 6.92 Å². The Bertz CT molecular complexity index is 549. The van der Waals surface area contributed by atoms with Gasteiger partial charge in [0.05, 0.1) is 12.7 Å². The molecule has 2 aliphatic heterocycles. The zero-order chi connectivity index (χ0) is 20.5. The minimum atomic E-state index is -1.67. The van der Waals surface area contributed by atoms with Gasteiger partial charge in [0.1, 0.15) is 30.5 Å². The molecule has 12 nitrogen and oxygen atoms in total. The monoisotopic (exact) mass is 394 g/mol. The fourth-order valence-electron chi connectivity index (χ4n) is 3.21. The molecule has 0 aromatic heterocycles. The van der Waals surface area contributed by atoms with Crippen LogP contribution in [-0.2, 0) is 23.8 Å². The molecule has 156 valence electrons. The lowest BCUT2D eigenvalue weighted by atomic mass is 9.90. The maximum Gasteiger partial charge on any atom is 0.249 e. The summed E-state index contributed by atoms with van der Waals surface area (Å²) in [7, 11) is 0. The van der Waals surface area contributed by atoms with Gasteiger partial charge in [0.15, 0.2) is 18.7 Å². The average molecular weight is 394 g/mol. The molecule has 0 bridgehead atoms. The molecule has 2 saturated heterocycles. The number of nitrogens with one attached hydrogen (secondary N) is 1. The van der Waals surface area contributed by atoms with Gasteiger partial charge in [0.2, 0.25) is 11.8 Å². The first-order valence-corrected chi connectivity index (χ1v) is 8.44. The van der Waals surface area contributed by atoms with E-state index in [4.69, 9.17) is 19.9 Å². The molecular weight excluding hydrogens is 368 g/mol. The van der Waals surface area contributed by atoms with Gasteiger partial charge in [-0.15, -0.1) is 0 Å². The van der Waals surface area contributed by atoms with Crippen molar-refractivity contribution in [3.05, 3.63) is 0 Å². The number of ether oxygens (including phenoxy) is 3. The summed E-state index contributed by atoms with van der Waals surface area (Å²) in [5, 5.41) is 52.2. The van der Waals surface area contributed by atoms with Crippen LogP contribution in [0.4, 0.5) is 0 Å². The zero-order valence-electron chi connectivity index (χ0n) is 14.8. The molecule has 2 aliphatic rings. The maximum atomic E-state index is 11.4. The number of rotatable bonds is 5. The van der Waals surface area contributed by atoms with Crippen LogP contribution in [0, 0.1) is 5.92 Å². The number of amides is 2. The summed E-state index contributed by atoms with van der Waals surface area (Å²) in [6.45, 7) is 2.01. The molecule has 10 unspecified atom stereocenters. The van der Waals surface area contributed by atoms with Crippen LogP contribution < -0.4 is 11.1 Å². The van der Waals surface area contributed by atoms with Gasteiger partial charge in [0.25, 0.3) is 0 Å². The van der Waals surface area contributed by atoms with Crippen molar-refractivity contribution in [1.82, 2.24) is 5.32 Å². The Morgan fingerprint density at radius 3 is 2.26 bits per heavy atom. The number of aliphatic hydroxyl groups is 5. The Balaban J connectivity index is 2.20. The fourth-order valence-corrected chi connectivity index (χ4v) is 3.21. The molecule has 10 atom stereocenters. The van der Waals surface area contributed by atoms with E-state index in [1.165, 1.54) is 13.8 Å². The van der Waals surface area contributed by atoms with Crippen LogP contribution in [0.1, 0.15) is 13.8 Å². The SMILES string of the molecule is CC(=O)NC1C(OC2C(O)OC(C(N)=O)C(O)C2C)OC(CO)C(O)C1O.